The number of rotatable bonds is 4. The molecule has 2 aromatic carbocycles. The highest BCUT2D eigenvalue weighted by Gasteiger charge is 2.31. The van der Waals surface area contributed by atoms with Gasteiger partial charge in [0.2, 0.25) is 10.0 Å². The number of amides is 1. The predicted octanol–water partition coefficient (Wildman–Crippen LogP) is 2.97. The van der Waals surface area contributed by atoms with E-state index in [1.54, 1.807) is 0 Å². The molecule has 10 heteroatoms. The minimum Gasteiger partial charge on any atom is -0.336 e. The van der Waals surface area contributed by atoms with Gasteiger partial charge in [0.25, 0.3) is 5.91 Å². The van der Waals surface area contributed by atoms with Gasteiger partial charge in [-0.1, -0.05) is 23.7 Å². The number of piperazine rings is 1. The van der Waals surface area contributed by atoms with Crippen LogP contribution in [0, 0.1) is 11.6 Å². The molecule has 0 N–H and O–H groups in total. The number of sulfonamides is 1. The number of hydrogen-bond donors (Lipinski definition) is 0. The van der Waals surface area contributed by atoms with Crippen LogP contribution in [0.4, 0.5) is 8.78 Å². The topological polar surface area (TPSA) is 74.8 Å². The molecule has 2 aromatic rings. The lowest BCUT2D eigenvalue weighted by Gasteiger charge is -2.34. The van der Waals surface area contributed by atoms with Crippen molar-refractivity contribution < 1.29 is 26.8 Å². The Morgan fingerprint density at radius 3 is 2.24 bits per heavy atom. The predicted molar refractivity (Wildman–Crippen MR) is 102 cm³/mol. The van der Waals surface area contributed by atoms with Crippen molar-refractivity contribution >= 4 is 33.3 Å². The second-order valence-corrected chi connectivity index (χ2v) is 8.87. The minimum absolute atomic E-state index is 0.00590. The van der Waals surface area contributed by atoms with Crippen molar-refractivity contribution in [3.63, 3.8) is 0 Å². The van der Waals surface area contributed by atoms with Gasteiger partial charge in [-0.2, -0.15) is 4.31 Å². The molecule has 0 unspecified atom stereocenters. The van der Waals surface area contributed by atoms with Gasteiger partial charge in [-0.3, -0.25) is 9.59 Å². The summed E-state index contributed by atoms with van der Waals surface area (Å²) in [6, 6.07) is 7.21. The second kappa shape index (κ2) is 8.17. The Labute approximate surface area is 171 Å². The zero-order chi connectivity index (χ0) is 21.3. The van der Waals surface area contributed by atoms with Crippen LogP contribution < -0.4 is 0 Å². The van der Waals surface area contributed by atoms with Crippen LogP contribution in [-0.4, -0.2) is 55.5 Å². The molecule has 0 spiro atoms. The third-order valence-electron chi connectivity index (χ3n) is 4.64. The van der Waals surface area contributed by atoms with Gasteiger partial charge >= 0.3 is 0 Å². The Bertz CT molecular complexity index is 1080. The van der Waals surface area contributed by atoms with E-state index in [1.807, 2.05) is 0 Å². The summed E-state index contributed by atoms with van der Waals surface area (Å²) in [4.78, 5) is 25.4. The molecule has 1 fully saturated rings. The quantitative estimate of drug-likeness (QED) is 0.539. The molecule has 0 aliphatic carbocycles. The van der Waals surface area contributed by atoms with Crippen LogP contribution in [-0.2, 0) is 10.0 Å². The normalized spacial score (nSPS) is 15.4. The molecule has 0 bridgehead atoms. The van der Waals surface area contributed by atoms with Gasteiger partial charge in [-0.15, -0.1) is 0 Å². The zero-order valence-corrected chi connectivity index (χ0v) is 16.9. The molecule has 6 nitrogen and oxygen atoms in total. The Kier molecular flexibility index (Phi) is 6.02. The summed E-state index contributed by atoms with van der Waals surface area (Å²) >= 11 is 5.85. The lowest BCUT2D eigenvalue weighted by Crippen LogP contribution is -2.50. The molecule has 1 amide bonds. The van der Waals surface area contributed by atoms with Gasteiger partial charge in [-0.25, -0.2) is 17.2 Å². The molecule has 29 heavy (non-hydrogen) atoms. The van der Waals surface area contributed by atoms with Gasteiger partial charge in [0, 0.05) is 31.7 Å². The van der Waals surface area contributed by atoms with Crippen LogP contribution in [0.2, 0.25) is 5.02 Å². The molecular formula is C19H17ClF2N2O4S. The number of hydrogen-bond acceptors (Lipinski definition) is 4. The van der Waals surface area contributed by atoms with Crippen LogP contribution in [0.3, 0.4) is 0 Å². The molecule has 0 radical (unpaired) electrons. The molecule has 0 aromatic heterocycles. The molecule has 1 aliphatic heterocycles. The maximum absolute atomic E-state index is 13.5. The molecule has 3 rings (SSSR count). The van der Waals surface area contributed by atoms with E-state index in [0.29, 0.717) is 0 Å². The van der Waals surface area contributed by atoms with E-state index in [1.165, 1.54) is 40.4 Å². The molecular weight excluding hydrogens is 426 g/mol. The number of halogens is 3. The van der Waals surface area contributed by atoms with Gasteiger partial charge in [-0.05, 0) is 31.2 Å². The fraction of sp³-hybridized carbons (Fsp3) is 0.263. The first-order chi connectivity index (χ1) is 13.6. The molecule has 154 valence electrons. The Morgan fingerprint density at radius 1 is 1.00 bits per heavy atom. The molecule has 0 atom stereocenters. The third-order valence-corrected chi connectivity index (χ3v) is 6.85. The van der Waals surface area contributed by atoms with E-state index in [0.717, 1.165) is 12.1 Å². The maximum Gasteiger partial charge on any atom is 0.255 e. The first-order valence-corrected chi connectivity index (χ1v) is 10.5. The van der Waals surface area contributed by atoms with Crippen molar-refractivity contribution in [1.82, 2.24) is 9.21 Å². The van der Waals surface area contributed by atoms with E-state index >= 15 is 0 Å². The third kappa shape index (κ3) is 4.31. The molecule has 0 saturated carbocycles. The number of Topliss-reactive ketones (excluding diaryl/α,β-unsaturated/α-hetero) is 1. The summed E-state index contributed by atoms with van der Waals surface area (Å²) in [6.07, 6.45) is 0. The monoisotopic (exact) mass is 442 g/mol. The van der Waals surface area contributed by atoms with Crippen LogP contribution in [0.1, 0.15) is 27.6 Å². The highest BCUT2D eigenvalue weighted by molar-refractivity contribution is 7.89. The van der Waals surface area contributed by atoms with E-state index in [4.69, 9.17) is 11.6 Å². The van der Waals surface area contributed by atoms with E-state index < -0.39 is 27.6 Å². The van der Waals surface area contributed by atoms with Crippen molar-refractivity contribution in [2.45, 2.75) is 11.8 Å². The summed E-state index contributed by atoms with van der Waals surface area (Å²) in [5, 5.41) is -0.218. The largest absolute Gasteiger partial charge is 0.336 e. The smallest absolute Gasteiger partial charge is 0.255 e. The van der Waals surface area contributed by atoms with E-state index in [-0.39, 0.29) is 53.0 Å². The van der Waals surface area contributed by atoms with Crippen LogP contribution in [0.5, 0.6) is 0 Å². The second-order valence-electron chi connectivity index (χ2n) is 6.53. The standard InChI is InChI=1S/C19H17ClF2N2O4S/c1-12(25)13-3-2-4-14(9-13)29(27,28)24-7-5-23(6-8-24)19(26)15-10-17(21)18(22)11-16(15)20/h2-4,9-11H,5-8H2,1H3. The average Bonchev–Trinajstić information content (AvgIpc) is 2.70. The number of nitrogens with zero attached hydrogens (tertiary/aromatic N) is 2. The van der Waals surface area contributed by atoms with Crippen LogP contribution in [0.15, 0.2) is 41.3 Å². The molecule has 1 aliphatic rings. The van der Waals surface area contributed by atoms with Crippen molar-refractivity contribution in [2.24, 2.45) is 0 Å². The first-order valence-electron chi connectivity index (χ1n) is 8.66. The fourth-order valence-corrected chi connectivity index (χ4v) is 4.71. The summed E-state index contributed by atoms with van der Waals surface area (Å²) in [6.45, 7) is 1.48. The first kappa shape index (κ1) is 21.4. The van der Waals surface area contributed by atoms with Crippen molar-refractivity contribution in [1.29, 1.82) is 0 Å². The van der Waals surface area contributed by atoms with Gasteiger partial charge in [0.05, 0.1) is 15.5 Å². The number of carbonyl (C=O) groups is 2. The van der Waals surface area contributed by atoms with Crippen LogP contribution >= 0.6 is 11.6 Å². The van der Waals surface area contributed by atoms with Crippen molar-refractivity contribution in [3.05, 3.63) is 64.2 Å². The van der Waals surface area contributed by atoms with E-state index in [2.05, 4.69) is 0 Å². The SMILES string of the molecule is CC(=O)c1cccc(S(=O)(=O)N2CCN(C(=O)c3cc(F)c(F)cc3Cl)CC2)c1. The molecule has 1 heterocycles. The Balaban J connectivity index is 1.75. The lowest BCUT2D eigenvalue weighted by molar-refractivity contribution is 0.0697. The van der Waals surface area contributed by atoms with E-state index in [9.17, 15) is 26.8 Å². The minimum atomic E-state index is -3.84. The van der Waals surface area contributed by atoms with Gasteiger partial charge in [0.15, 0.2) is 17.4 Å². The summed E-state index contributed by atoms with van der Waals surface area (Å²) < 4.78 is 53.6. The Morgan fingerprint density at radius 2 is 1.62 bits per heavy atom. The molecule has 1 saturated heterocycles. The highest BCUT2D eigenvalue weighted by atomic mass is 35.5. The van der Waals surface area contributed by atoms with Crippen LogP contribution in [0.25, 0.3) is 0 Å². The number of benzene rings is 2. The van der Waals surface area contributed by atoms with Gasteiger partial charge in [0.1, 0.15) is 0 Å². The summed E-state index contributed by atoms with van der Waals surface area (Å²) in [5.41, 5.74) is 0.101. The average molecular weight is 443 g/mol. The van der Waals surface area contributed by atoms with Crippen molar-refractivity contribution in [3.8, 4) is 0 Å². The summed E-state index contributed by atoms with van der Waals surface area (Å²) in [7, 11) is -3.84. The number of carbonyl (C=O) groups excluding carboxylic acids is 2. The van der Waals surface area contributed by atoms with Gasteiger partial charge < -0.3 is 4.90 Å². The number of ketones is 1. The van der Waals surface area contributed by atoms with Crippen molar-refractivity contribution in [2.75, 3.05) is 26.2 Å². The summed E-state index contributed by atoms with van der Waals surface area (Å²) in [5.74, 6) is -3.20. The lowest BCUT2D eigenvalue weighted by atomic mass is 10.1. The zero-order valence-electron chi connectivity index (χ0n) is 15.4. The highest BCUT2D eigenvalue weighted by Crippen LogP contribution is 2.24. The maximum atomic E-state index is 13.5. The fourth-order valence-electron chi connectivity index (χ4n) is 3.01. The Hall–Kier alpha value is -2.36.